The van der Waals surface area contributed by atoms with Crippen LogP contribution in [0.2, 0.25) is 0 Å². The number of amides is 1. The van der Waals surface area contributed by atoms with E-state index < -0.39 is 11.7 Å². The van der Waals surface area contributed by atoms with Crippen LogP contribution in [-0.4, -0.2) is 79.3 Å². The monoisotopic (exact) mass is 616 g/mol. The fourth-order valence-corrected chi connectivity index (χ4v) is 4.98. The number of ether oxygens (including phenoxy) is 1. The molecule has 240 valence electrons. The highest BCUT2D eigenvalue weighted by molar-refractivity contribution is 6.00. The smallest absolute Gasteiger partial charge is 0.248 e. The first-order chi connectivity index (χ1) is 21.5. The molecule has 2 aromatic carbocycles. The summed E-state index contributed by atoms with van der Waals surface area (Å²) in [6.45, 7) is 10.9. The third-order valence-electron chi connectivity index (χ3n) is 7.50. The van der Waals surface area contributed by atoms with Gasteiger partial charge >= 0.3 is 0 Å². The number of halogens is 1. The lowest BCUT2D eigenvalue weighted by Crippen LogP contribution is -2.53. The second-order valence-electron chi connectivity index (χ2n) is 11.8. The minimum atomic E-state index is -0.551. The van der Waals surface area contributed by atoms with E-state index in [-0.39, 0.29) is 17.6 Å². The second kappa shape index (κ2) is 15.5. The zero-order valence-corrected chi connectivity index (χ0v) is 26.9. The van der Waals surface area contributed by atoms with Gasteiger partial charge in [-0.15, -0.1) is 0 Å². The number of allylic oxidation sites excluding steroid dienone is 2. The summed E-state index contributed by atoms with van der Waals surface area (Å²) in [5.74, 6) is 2.48. The fourth-order valence-electron chi connectivity index (χ4n) is 4.98. The van der Waals surface area contributed by atoms with E-state index in [0.29, 0.717) is 30.5 Å². The molecule has 1 amide bonds. The number of benzene rings is 2. The normalized spacial score (nSPS) is 18.0. The van der Waals surface area contributed by atoms with E-state index in [9.17, 15) is 9.18 Å². The molecule has 45 heavy (non-hydrogen) atoms. The Hall–Kier alpha value is -4.48. The first kappa shape index (κ1) is 33.4. The molecule has 2 aliphatic heterocycles. The van der Waals surface area contributed by atoms with Crippen LogP contribution in [-0.2, 0) is 11.3 Å². The average Bonchev–Trinajstić information content (AvgIpc) is 2.99. The molecule has 1 saturated heterocycles. The molecule has 0 aliphatic carbocycles. The molecule has 2 aliphatic rings. The van der Waals surface area contributed by atoms with E-state index in [1.54, 1.807) is 6.08 Å². The van der Waals surface area contributed by atoms with Crippen LogP contribution >= 0.6 is 0 Å². The topological polar surface area (TPSA) is 111 Å². The number of nitrogens with zero attached hydrogens (tertiary/aromatic N) is 5. The van der Waals surface area contributed by atoms with Crippen molar-refractivity contribution < 1.29 is 13.9 Å². The molecule has 0 saturated carbocycles. The maximum Gasteiger partial charge on any atom is 0.248 e. The van der Waals surface area contributed by atoms with Gasteiger partial charge in [-0.2, -0.15) is 4.99 Å². The number of carbonyl (C=O) groups is 1. The summed E-state index contributed by atoms with van der Waals surface area (Å²) in [4.78, 5) is 28.1. The number of nitrogens with two attached hydrogens (primary N) is 1. The Labute approximate surface area is 265 Å². The van der Waals surface area contributed by atoms with Crippen molar-refractivity contribution in [2.24, 2.45) is 21.6 Å². The molecule has 4 rings (SSSR count). The van der Waals surface area contributed by atoms with E-state index in [1.807, 2.05) is 61.3 Å². The van der Waals surface area contributed by atoms with Gasteiger partial charge in [-0.3, -0.25) is 9.69 Å². The molecule has 2 aromatic rings. The van der Waals surface area contributed by atoms with Gasteiger partial charge in [0.1, 0.15) is 23.1 Å². The second-order valence-corrected chi connectivity index (χ2v) is 11.8. The Bertz CT molecular complexity index is 1490. The highest BCUT2D eigenvalue weighted by Gasteiger charge is 2.28. The van der Waals surface area contributed by atoms with E-state index in [1.165, 1.54) is 24.3 Å². The third-order valence-corrected chi connectivity index (χ3v) is 7.50. The van der Waals surface area contributed by atoms with Crippen molar-refractivity contribution in [1.29, 1.82) is 0 Å². The Balaban J connectivity index is 1.52. The maximum absolute atomic E-state index is 14.4. The average molecular weight is 617 g/mol. The van der Waals surface area contributed by atoms with Crippen molar-refractivity contribution in [1.82, 2.24) is 20.0 Å². The van der Waals surface area contributed by atoms with Gasteiger partial charge in [-0.25, -0.2) is 9.38 Å². The summed E-state index contributed by atoms with van der Waals surface area (Å²) in [6.07, 6.45) is 6.78. The molecule has 1 fully saturated rings. The van der Waals surface area contributed by atoms with Gasteiger partial charge in [0.2, 0.25) is 17.8 Å². The number of anilines is 1. The molecule has 4 N–H and O–H groups in total. The molecule has 0 unspecified atom stereocenters. The Morgan fingerprint density at radius 2 is 1.98 bits per heavy atom. The molecule has 0 radical (unpaired) electrons. The predicted molar refractivity (Wildman–Crippen MR) is 180 cm³/mol. The van der Waals surface area contributed by atoms with Crippen LogP contribution in [0.4, 0.5) is 10.1 Å². The summed E-state index contributed by atoms with van der Waals surface area (Å²) < 4.78 is 20.5. The number of hydrogen-bond donors (Lipinski definition) is 3. The van der Waals surface area contributed by atoms with E-state index >= 15 is 0 Å². The zero-order chi connectivity index (χ0) is 32.5. The molecule has 0 atom stereocenters. The summed E-state index contributed by atoms with van der Waals surface area (Å²) in [6, 6.07) is 12.0. The first-order valence-electron chi connectivity index (χ1n) is 15.2. The highest BCUT2D eigenvalue weighted by atomic mass is 19.1. The fraction of sp³-hybridized carbons (Fsp3) is 0.382. The molecule has 0 aromatic heterocycles. The number of aliphatic imine (C=N–C) groups is 2. The van der Waals surface area contributed by atoms with Crippen LogP contribution in [0.1, 0.15) is 32.3 Å². The van der Waals surface area contributed by atoms with Crippen LogP contribution in [0.25, 0.3) is 0 Å². The number of likely N-dealkylation sites (N-methyl/N-ethyl adjacent to an activating group) is 1. The molecular formula is C34H45FN8O2. The molecule has 10 nitrogen and oxygen atoms in total. The molecular weight excluding hydrogens is 571 g/mol. The van der Waals surface area contributed by atoms with Crippen molar-refractivity contribution >= 4 is 23.5 Å². The van der Waals surface area contributed by atoms with Gasteiger partial charge in [-0.05, 0) is 68.3 Å². The number of piperidine rings is 1. The standard InChI is InChI=1S/C34H45FN8O2/c1-7-28(23(2)3)32-39-34(43-18-15-25(36)16-19-43)40-33(42(32)6)37-22-24-10-8-11-26(20-24)45-27-13-14-29(35)30(21-27)38-31(44)12-9-17-41(4)5/h7-14,20-21,23,25H,1,15-19,22,36H2,2-6H3,(H,38,44)(H,37,39,40)/b12-9+,32-28+. The Morgan fingerprint density at radius 3 is 2.67 bits per heavy atom. The first-order valence-corrected chi connectivity index (χ1v) is 15.2. The van der Waals surface area contributed by atoms with Crippen LogP contribution < -0.4 is 21.1 Å². The summed E-state index contributed by atoms with van der Waals surface area (Å²) in [5.41, 5.74) is 8.17. The van der Waals surface area contributed by atoms with E-state index in [2.05, 4.69) is 36.0 Å². The number of hydrogen-bond acceptors (Lipinski definition) is 7. The number of rotatable bonds is 10. The number of likely N-dealkylation sites (tertiary alicyclic amines) is 1. The SMILES string of the molecule is C=C/C(=C1/NC(N2CCC(N)CC2)=NC(=NCc2cccc(Oc3ccc(F)c(NC(=O)/C=C/CN(C)C)c3)c2)N1C)C(C)C. The van der Waals surface area contributed by atoms with Crippen LogP contribution in [0, 0.1) is 11.7 Å². The van der Waals surface area contributed by atoms with Crippen molar-refractivity contribution in [3.05, 3.63) is 90.0 Å². The van der Waals surface area contributed by atoms with Gasteiger partial charge in [-0.1, -0.05) is 44.7 Å². The van der Waals surface area contributed by atoms with E-state index in [4.69, 9.17) is 20.5 Å². The minimum absolute atomic E-state index is 0.0389. The third kappa shape index (κ3) is 9.26. The van der Waals surface area contributed by atoms with Crippen LogP contribution in [0.15, 0.2) is 88.7 Å². The van der Waals surface area contributed by atoms with Crippen molar-refractivity contribution in [3.63, 3.8) is 0 Å². The van der Waals surface area contributed by atoms with Gasteiger partial charge in [0.05, 0.1) is 12.2 Å². The largest absolute Gasteiger partial charge is 0.457 e. The lowest BCUT2D eigenvalue weighted by Gasteiger charge is -2.38. The number of guanidine groups is 2. The maximum atomic E-state index is 14.4. The van der Waals surface area contributed by atoms with Crippen molar-refractivity contribution in [2.45, 2.75) is 39.3 Å². The van der Waals surface area contributed by atoms with Crippen LogP contribution in [0.5, 0.6) is 11.5 Å². The van der Waals surface area contributed by atoms with Gasteiger partial charge in [0, 0.05) is 44.9 Å². The molecule has 2 heterocycles. The predicted octanol–water partition coefficient (Wildman–Crippen LogP) is 4.90. The number of carbonyl (C=O) groups excluding carboxylic acids is 1. The zero-order valence-electron chi connectivity index (χ0n) is 26.9. The lowest BCUT2D eigenvalue weighted by molar-refractivity contribution is -0.111. The summed E-state index contributed by atoms with van der Waals surface area (Å²) >= 11 is 0. The Morgan fingerprint density at radius 1 is 1.24 bits per heavy atom. The quantitative estimate of drug-likeness (QED) is 0.326. The van der Waals surface area contributed by atoms with Crippen molar-refractivity contribution in [3.8, 4) is 11.5 Å². The summed E-state index contributed by atoms with van der Waals surface area (Å²) in [7, 11) is 5.74. The molecule has 0 bridgehead atoms. The highest BCUT2D eigenvalue weighted by Crippen LogP contribution is 2.28. The van der Waals surface area contributed by atoms with Gasteiger partial charge in [0.25, 0.3) is 0 Å². The lowest BCUT2D eigenvalue weighted by atomic mass is 10.0. The Kier molecular flexibility index (Phi) is 11.5. The molecule has 11 heteroatoms. The van der Waals surface area contributed by atoms with Crippen molar-refractivity contribution in [2.75, 3.05) is 46.1 Å². The number of nitrogens with one attached hydrogen (secondary N) is 2. The van der Waals surface area contributed by atoms with Gasteiger partial charge < -0.3 is 30.9 Å². The summed E-state index contributed by atoms with van der Waals surface area (Å²) in [5, 5.41) is 6.10. The van der Waals surface area contributed by atoms with Gasteiger partial charge in [0.15, 0.2) is 0 Å². The van der Waals surface area contributed by atoms with E-state index in [0.717, 1.165) is 48.8 Å². The minimum Gasteiger partial charge on any atom is -0.457 e. The van der Waals surface area contributed by atoms with Crippen LogP contribution in [0.3, 0.4) is 0 Å². The molecule has 0 spiro atoms.